The number of hydrogen-bond donors (Lipinski definition) is 2. The Morgan fingerprint density at radius 1 is 1.21 bits per heavy atom. The molecule has 2 aliphatic rings. The molecule has 8 heteroatoms. The highest BCUT2D eigenvalue weighted by Crippen LogP contribution is 2.25. The summed E-state index contributed by atoms with van der Waals surface area (Å²) in [5.74, 6) is 0.175. The van der Waals surface area contributed by atoms with Gasteiger partial charge in [-0.05, 0) is 25.0 Å². The average Bonchev–Trinajstić information content (AvgIpc) is 3.30. The molecule has 1 aromatic carbocycles. The molecule has 3 heterocycles. The number of benzene rings is 1. The molecule has 0 aliphatic carbocycles. The molecule has 4 rings (SSSR count). The third-order valence-electron chi connectivity index (χ3n) is 5.66. The van der Waals surface area contributed by atoms with Crippen molar-refractivity contribution in [2.45, 2.75) is 32.0 Å². The number of hydrogen-bond acceptors (Lipinski definition) is 5. The van der Waals surface area contributed by atoms with Crippen LogP contribution in [0.1, 0.15) is 29.3 Å². The van der Waals surface area contributed by atoms with Crippen molar-refractivity contribution in [2.75, 3.05) is 26.2 Å². The van der Waals surface area contributed by atoms with Crippen LogP contribution in [0.5, 0.6) is 0 Å². The number of rotatable bonds is 4. The van der Waals surface area contributed by atoms with E-state index >= 15 is 0 Å². The predicted molar refractivity (Wildman–Crippen MR) is 109 cm³/mol. The van der Waals surface area contributed by atoms with Gasteiger partial charge in [0.05, 0.1) is 11.7 Å². The standard InChI is InChI=1S/C20H27ClN6O/c1-14-16(13-25(2)24-14)18-11-19(23-22-18)20(28)27-9-7-26(8-10-27)12-15-5-3-4-6-17(15)21/h3-6,13,18-19,22-23H,7-12H2,1-2H3. The molecule has 2 fully saturated rings. The Balaban J connectivity index is 1.30. The molecule has 2 saturated heterocycles. The van der Waals surface area contributed by atoms with Crippen LogP contribution in [0.25, 0.3) is 0 Å². The van der Waals surface area contributed by atoms with Crippen LogP contribution in [-0.4, -0.2) is 57.7 Å². The maximum atomic E-state index is 12.9. The molecule has 2 unspecified atom stereocenters. The van der Waals surface area contributed by atoms with Crippen LogP contribution >= 0.6 is 11.6 Å². The van der Waals surface area contributed by atoms with Gasteiger partial charge in [-0.3, -0.25) is 14.4 Å². The zero-order valence-electron chi connectivity index (χ0n) is 16.4. The Hall–Kier alpha value is -1.93. The molecule has 1 amide bonds. The monoisotopic (exact) mass is 402 g/mol. The molecule has 28 heavy (non-hydrogen) atoms. The molecule has 0 spiro atoms. The van der Waals surface area contributed by atoms with Crippen molar-refractivity contribution in [2.24, 2.45) is 7.05 Å². The highest BCUT2D eigenvalue weighted by atomic mass is 35.5. The summed E-state index contributed by atoms with van der Waals surface area (Å²) in [5, 5.41) is 5.21. The summed E-state index contributed by atoms with van der Waals surface area (Å²) >= 11 is 6.27. The van der Waals surface area contributed by atoms with Crippen LogP contribution in [-0.2, 0) is 18.4 Å². The van der Waals surface area contributed by atoms with Gasteiger partial charge in [0, 0.05) is 56.6 Å². The number of amides is 1. The summed E-state index contributed by atoms with van der Waals surface area (Å²) in [6.07, 6.45) is 2.76. The van der Waals surface area contributed by atoms with E-state index < -0.39 is 0 Å². The number of nitrogens with one attached hydrogen (secondary N) is 2. The van der Waals surface area contributed by atoms with E-state index in [1.54, 1.807) is 0 Å². The Bertz CT molecular complexity index is 845. The third kappa shape index (κ3) is 4.07. The van der Waals surface area contributed by atoms with Crippen LogP contribution in [0.2, 0.25) is 5.02 Å². The van der Waals surface area contributed by atoms with Crippen molar-refractivity contribution in [3.63, 3.8) is 0 Å². The van der Waals surface area contributed by atoms with Crippen molar-refractivity contribution in [3.8, 4) is 0 Å². The number of hydrazine groups is 1. The summed E-state index contributed by atoms with van der Waals surface area (Å²) in [5.41, 5.74) is 9.75. The Labute approximate surface area is 170 Å². The topological polar surface area (TPSA) is 65.4 Å². The van der Waals surface area contributed by atoms with Crippen LogP contribution in [0, 0.1) is 6.92 Å². The maximum absolute atomic E-state index is 12.9. The number of carbonyl (C=O) groups is 1. The predicted octanol–water partition coefficient (Wildman–Crippen LogP) is 1.63. The molecule has 0 radical (unpaired) electrons. The first-order valence-corrected chi connectivity index (χ1v) is 10.1. The minimum absolute atomic E-state index is 0.115. The smallest absolute Gasteiger partial charge is 0.241 e. The van der Waals surface area contributed by atoms with Crippen LogP contribution in [0.4, 0.5) is 0 Å². The second kappa shape index (κ2) is 8.21. The molecule has 0 saturated carbocycles. The van der Waals surface area contributed by atoms with Crippen LogP contribution in [0.15, 0.2) is 30.5 Å². The van der Waals surface area contributed by atoms with Gasteiger partial charge >= 0.3 is 0 Å². The first-order chi connectivity index (χ1) is 13.5. The van der Waals surface area contributed by atoms with E-state index in [-0.39, 0.29) is 18.0 Å². The lowest BCUT2D eigenvalue weighted by Crippen LogP contribution is -2.53. The minimum Gasteiger partial charge on any atom is -0.339 e. The van der Waals surface area contributed by atoms with E-state index in [9.17, 15) is 4.79 Å². The molecule has 2 aromatic rings. The average molecular weight is 403 g/mol. The van der Waals surface area contributed by atoms with E-state index in [0.717, 1.165) is 61.0 Å². The van der Waals surface area contributed by atoms with Gasteiger partial charge in [0.1, 0.15) is 6.04 Å². The molecule has 0 bridgehead atoms. The molecule has 7 nitrogen and oxygen atoms in total. The highest BCUT2D eigenvalue weighted by Gasteiger charge is 2.35. The summed E-state index contributed by atoms with van der Waals surface area (Å²) < 4.78 is 1.82. The van der Waals surface area contributed by atoms with Gasteiger partial charge in [0.25, 0.3) is 0 Å². The van der Waals surface area contributed by atoms with Crippen molar-refractivity contribution < 1.29 is 4.79 Å². The summed E-state index contributed by atoms with van der Waals surface area (Å²) in [4.78, 5) is 17.3. The van der Waals surface area contributed by atoms with Gasteiger partial charge in [0.15, 0.2) is 0 Å². The van der Waals surface area contributed by atoms with E-state index in [1.165, 1.54) is 0 Å². The van der Waals surface area contributed by atoms with Gasteiger partial charge in [-0.1, -0.05) is 29.8 Å². The van der Waals surface area contributed by atoms with E-state index in [0.29, 0.717) is 0 Å². The normalized spacial score (nSPS) is 23.3. The molecule has 2 aliphatic heterocycles. The lowest BCUT2D eigenvalue weighted by Gasteiger charge is -2.36. The molecular formula is C20H27ClN6O. The summed E-state index contributed by atoms with van der Waals surface area (Å²) in [7, 11) is 1.92. The van der Waals surface area contributed by atoms with Crippen LogP contribution in [0.3, 0.4) is 0 Å². The number of piperazine rings is 1. The third-order valence-corrected chi connectivity index (χ3v) is 6.03. The van der Waals surface area contributed by atoms with Crippen molar-refractivity contribution in [1.29, 1.82) is 0 Å². The Morgan fingerprint density at radius 2 is 1.96 bits per heavy atom. The molecule has 2 N–H and O–H groups in total. The number of aryl methyl sites for hydroxylation is 2. The first-order valence-electron chi connectivity index (χ1n) is 9.77. The fourth-order valence-electron chi connectivity index (χ4n) is 4.10. The van der Waals surface area contributed by atoms with E-state index in [2.05, 4.69) is 26.9 Å². The molecule has 1 aromatic heterocycles. The fourth-order valence-corrected chi connectivity index (χ4v) is 4.29. The largest absolute Gasteiger partial charge is 0.339 e. The molecular weight excluding hydrogens is 376 g/mol. The second-order valence-corrected chi connectivity index (χ2v) is 8.07. The lowest BCUT2D eigenvalue weighted by atomic mass is 10.0. The molecule has 150 valence electrons. The highest BCUT2D eigenvalue weighted by molar-refractivity contribution is 6.31. The summed E-state index contributed by atoms with van der Waals surface area (Å²) in [6, 6.07) is 7.87. The maximum Gasteiger partial charge on any atom is 0.241 e. The van der Waals surface area contributed by atoms with Crippen molar-refractivity contribution >= 4 is 17.5 Å². The van der Waals surface area contributed by atoms with Crippen LogP contribution < -0.4 is 10.9 Å². The Kier molecular flexibility index (Phi) is 5.68. The van der Waals surface area contributed by atoms with Gasteiger partial charge < -0.3 is 4.90 Å². The molecule has 2 atom stereocenters. The zero-order valence-corrected chi connectivity index (χ0v) is 17.1. The number of nitrogens with zero attached hydrogens (tertiary/aromatic N) is 4. The first kappa shape index (κ1) is 19.4. The SMILES string of the molecule is Cc1nn(C)cc1C1CC(C(=O)N2CCN(Cc3ccccc3Cl)CC2)NN1. The van der Waals surface area contributed by atoms with Crippen molar-refractivity contribution in [1.82, 2.24) is 30.4 Å². The van der Waals surface area contributed by atoms with E-state index in [1.807, 2.05) is 47.9 Å². The van der Waals surface area contributed by atoms with Gasteiger partial charge in [-0.25, -0.2) is 10.9 Å². The quantitative estimate of drug-likeness (QED) is 0.813. The summed E-state index contributed by atoms with van der Waals surface area (Å²) in [6.45, 7) is 6.05. The van der Waals surface area contributed by atoms with Crippen molar-refractivity contribution in [3.05, 3.63) is 52.3 Å². The fraction of sp³-hybridized carbons (Fsp3) is 0.500. The lowest BCUT2D eigenvalue weighted by molar-refractivity contribution is -0.135. The Morgan fingerprint density at radius 3 is 2.64 bits per heavy atom. The number of halogens is 1. The van der Waals surface area contributed by atoms with Gasteiger partial charge in [0.2, 0.25) is 5.91 Å². The number of aromatic nitrogens is 2. The second-order valence-electron chi connectivity index (χ2n) is 7.67. The minimum atomic E-state index is -0.195. The van der Waals surface area contributed by atoms with Gasteiger partial charge in [-0.15, -0.1) is 0 Å². The number of carbonyl (C=O) groups excluding carboxylic acids is 1. The zero-order chi connectivity index (χ0) is 19.7. The van der Waals surface area contributed by atoms with Gasteiger partial charge in [-0.2, -0.15) is 5.10 Å². The van der Waals surface area contributed by atoms with E-state index in [4.69, 9.17) is 11.6 Å².